The number of thioether (sulfide) groups is 1. The molecule has 0 aliphatic carbocycles. The lowest BCUT2D eigenvalue weighted by Crippen LogP contribution is -2.03. The monoisotopic (exact) mass is 440 g/mol. The van der Waals surface area contributed by atoms with E-state index in [0.717, 1.165) is 17.0 Å². The van der Waals surface area contributed by atoms with Crippen molar-refractivity contribution in [2.45, 2.75) is 24.3 Å². The summed E-state index contributed by atoms with van der Waals surface area (Å²) in [5, 5.41) is 18.3. The van der Waals surface area contributed by atoms with Gasteiger partial charge in [-0.3, -0.25) is 4.57 Å². The van der Waals surface area contributed by atoms with Gasteiger partial charge in [-0.25, -0.2) is 0 Å². The van der Waals surface area contributed by atoms with Crippen molar-refractivity contribution in [2.75, 3.05) is 27.9 Å². The van der Waals surface area contributed by atoms with Crippen molar-refractivity contribution in [2.24, 2.45) is 0 Å². The predicted octanol–water partition coefficient (Wildman–Crippen LogP) is 4.36. The lowest BCUT2D eigenvalue weighted by molar-refractivity contribution is 0.324. The molecule has 1 heterocycles. The van der Waals surface area contributed by atoms with Gasteiger partial charge < -0.3 is 18.9 Å². The molecule has 0 unspecified atom stereocenters. The predicted molar refractivity (Wildman–Crippen MR) is 119 cm³/mol. The maximum Gasteiger partial charge on any atom is 0.203 e. The van der Waals surface area contributed by atoms with Crippen molar-refractivity contribution in [1.29, 1.82) is 5.26 Å². The van der Waals surface area contributed by atoms with Crippen LogP contribution in [0.5, 0.6) is 23.0 Å². The van der Waals surface area contributed by atoms with Crippen LogP contribution in [0.3, 0.4) is 0 Å². The summed E-state index contributed by atoms with van der Waals surface area (Å²) in [5.74, 6) is 2.87. The van der Waals surface area contributed by atoms with E-state index in [2.05, 4.69) is 16.3 Å². The van der Waals surface area contributed by atoms with E-state index < -0.39 is 0 Å². The van der Waals surface area contributed by atoms with Gasteiger partial charge in [0.1, 0.15) is 5.75 Å². The SMILES string of the molecule is CCOc1ccc(-n2c(S[C@@H](C)C#N)nnc2-c2cc(OC)c(OC)c(OC)c2)cc1. The molecular formula is C22H24N4O4S. The van der Waals surface area contributed by atoms with E-state index in [-0.39, 0.29) is 5.25 Å². The minimum atomic E-state index is -0.293. The van der Waals surface area contributed by atoms with Gasteiger partial charge in [0.05, 0.1) is 39.3 Å². The first-order valence-corrected chi connectivity index (χ1v) is 10.5. The lowest BCUT2D eigenvalue weighted by Gasteiger charge is -2.15. The standard InChI is InChI=1S/C22H24N4O4S/c1-6-30-17-9-7-16(8-10-17)26-21(24-25-22(26)31-14(2)13-23)15-11-18(27-3)20(29-5)19(12-15)28-4/h7-12,14H,6H2,1-5H3/t14-/m0/s1. The fourth-order valence-electron chi connectivity index (χ4n) is 3.02. The largest absolute Gasteiger partial charge is 0.494 e. The summed E-state index contributed by atoms with van der Waals surface area (Å²) in [6.45, 7) is 4.35. The highest BCUT2D eigenvalue weighted by Crippen LogP contribution is 2.42. The normalized spacial score (nSPS) is 11.5. The highest BCUT2D eigenvalue weighted by Gasteiger charge is 2.22. The summed E-state index contributed by atoms with van der Waals surface area (Å²) in [4.78, 5) is 0. The molecule has 31 heavy (non-hydrogen) atoms. The van der Waals surface area contributed by atoms with Gasteiger partial charge >= 0.3 is 0 Å². The van der Waals surface area contributed by atoms with Crippen molar-refractivity contribution < 1.29 is 18.9 Å². The molecular weight excluding hydrogens is 416 g/mol. The lowest BCUT2D eigenvalue weighted by atomic mass is 10.1. The van der Waals surface area contributed by atoms with Gasteiger partial charge in [0, 0.05) is 11.3 Å². The minimum absolute atomic E-state index is 0.293. The number of rotatable bonds is 9. The van der Waals surface area contributed by atoms with Gasteiger partial charge in [-0.1, -0.05) is 11.8 Å². The molecule has 0 N–H and O–H groups in total. The first kappa shape index (κ1) is 22.3. The number of aromatic nitrogens is 3. The molecule has 1 aromatic heterocycles. The average molecular weight is 441 g/mol. The second kappa shape index (κ2) is 10.1. The van der Waals surface area contributed by atoms with Crippen LogP contribution in [0.1, 0.15) is 13.8 Å². The highest BCUT2D eigenvalue weighted by molar-refractivity contribution is 8.00. The molecule has 0 radical (unpaired) electrons. The van der Waals surface area contributed by atoms with Gasteiger partial charge in [-0.2, -0.15) is 5.26 Å². The Labute approximate surface area is 185 Å². The maximum absolute atomic E-state index is 9.28. The number of hydrogen-bond donors (Lipinski definition) is 0. The molecule has 0 saturated heterocycles. The molecule has 3 rings (SSSR count). The quantitative estimate of drug-likeness (QED) is 0.453. The van der Waals surface area contributed by atoms with Crippen molar-refractivity contribution in [3.63, 3.8) is 0 Å². The summed E-state index contributed by atoms with van der Waals surface area (Å²) in [7, 11) is 4.68. The second-order valence-corrected chi connectivity index (χ2v) is 7.68. The van der Waals surface area contributed by atoms with Crippen LogP contribution in [0.25, 0.3) is 17.1 Å². The molecule has 0 bridgehead atoms. The fourth-order valence-corrected chi connectivity index (χ4v) is 3.77. The first-order chi connectivity index (χ1) is 15.1. The minimum Gasteiger partial charge on any atom is -0.494 e. The first-order valence-electron chi connectivity index (χ1n) is 9.61. The van der Waals surface area contributed by atoms with Crippen LogP contribution in [0, 0.1) is 11.3 Å². The van der Waals surface area contributed by atoms with Crippen LogP contribution in [0.2, 0.25) is 0 Å². The summed E-state index contributed by atoms with van der Waals surface area (Å²) in [5.41, 5.74) is 1.57. The highest BCUT2D eigenvalue weighted by atomic mass is 32.2. The van der Waals surface area contributed by atoms with Crippen LogP contribution in [-0.4, -0.2) is 48.0 Å². The molecule has 0 fully saturated rings. The zero-order valence-corrected chi connectivity index (χ0v) is 18.9. The van der Waals surface area contributed by atoms with E-state index >= 15 is 0 Å². The van der Waals surface area contributed by atoms with Gasteiger partial charge in [-0.15, -0.1) is 10.2 Å². The Morgan fingerprint density at radius 1 is 1.03 bits per heavy atom. The second-order valence-electron chi connectivity index (χ2n) is 6.37. The number of hydrogen-bond acceptors (Lipinski definition) is 8. The van der Waals surface area contributed by atoms with Crippen LogP contribution >= 0.6 is 11.8 Å². The molecule has 1 atom stereocenters. The van der Waals surface area contributed by atoms with Crippen molar-refractivity contribution in [3.05, 3.63) is 36.4 Å². The van der Waals surface area contributed by atoms with Crippen LogP contribution in [-0.2, 0) is 0 Å². The molecule has 162 valence electrons. The Morgan fingerprint density at radius 2 is 1.68 bits per heavy atom. The molecule has 0 aliphatic rings. The van der Waals surface area contributed by atoms with Crippen molar-refractivity contribution in [1.82, 2.24) is 14.8 Å². The maximum atomic E-state index is 9.28. The fraction of sp³-hybridized carbons (Fsp3) is 0.318. The van der Waals surface area contributed by atoms with Gasteiger partial charge in [0.25, 0.3) is 0 Å². The van der Waals surface area contributed by atoms with Crippen LogP contribution < -0.4 is 18.9 Å². The molecule has 9 heteroatoms. The smallest absolute Gasteiger partial charge is 0.203 e. The number of benzene rings is 2. The molecule has 0 saturated carbocycles. The molecule has 2 aromatic carbocycles. The number of nitriles is 1. The van der Waals surface area contributed by atoms with Gasteiger partial charge in [0.15, 0.2) is 22.5 Å². The zero-order valence-electron chi connectivity index (χ0n) is 18.1. The van der Waals surface area contributed by atoms with E-state index in [0.29, 0.717) is 34.8 Å². The number of methoxy groups -OCH3 is 3. The third-order valence-corrected chi connectivity index (χ3v) is 5.36. The van der Waals surface area contributed by atoms with Crippen molar-refractivity contribution in [3.8, 4) is 46.1 Å². The molecule has 8 nitrogen and oxygen atoms in total. The Balaban J connectivity index is 2.18. The van der Waals surface area contributed by atoms with Crippen molar-refractivity contribution >= 4 is 11.8 Å². The summed E-state index contributed by atoms with van der Waals surface area (Å²) < 4.78 is 23.9. The molecule has 0 spiro atoms. The summed E-state index contributed by atoms with van der Waals surface area (Å²) in [6, 6.07) is 13.5. The van der Waals surface area contributed by atoms with E-state index in [9.17, 15) is 5.26 Å². The Morgan fingerprint density at radius 3 is 2.19 bits per heavy atom. The van der Waals surface area contributed by atoms with Crippen LogP contribution in [0.15, 0.2) is 41.6 Å². The van der Waals surface area contributed by atoms with Crippen LogP contribution in [0.4, 0.5) is 0 Å². The zero-order chi connectivity index (χ0) is 22.4. The number of nitrogens with zero attached hydrogens (tertiary/aromatic N) is 4. The van der Waals surface area contributed by atoms with Gasteiger partial charge in [0.2, 0.25) is 5.75 Å². The topological polar surface area (TPSA) is 91.4 Å². The molecule has 3 aromatic rings. The van der Waals surface area contributed by atoms with E-state index in [4.69, 9.17) is 18.9 Å². The average Bonchev–Trinajstić information content (AvgIpc) is 3.21. The molecule has 0 amide bonds. The van der Waals surface area contributed by atoms with E-state index in [1.54, 1.807) is 21.3 Å². The molecule has 0 aliphatic heterocycles. The third-order valence-electron chi connectivity index (χ3n) is 4.43. The third kappa shape index (κ3) is 4.70. The Kier molecular flexibility index (Phi) is 7.26. The summed E-state index contributed by atoms with van der Waals surface area (Å²) in [6.07, 6.45) is 0. The number of ether oxygens (including phenoxy) is 4. The Bertz CT molecular complexity index is 1050. The Hall–Kier alpha value is -3.38. The summed E-state index contributed by atoms with van der Waals surface area (Å²) >= 11 is 1.33. The van der Waals surface area contributed by atoms with E-state index in [1.807, 2.05) is 54.8 Å². The van der Waals surface area contributed by atoms with Gasteiger partial charge in [-0.05, 0) is 50.2 Å². The van der Waals surface area contributed by atoms with E-state index in [1.165, 1.54) is 11.8 Å².